The van der Waals surface area contributed by atoms with Gasteiger partial charge >= 0.3 is 0 Å². The molecule has 1 atom stereocenters. The number of amides is 1. The maximum absolute atomic E-state index is 13.2. The fraction of sp³-hybridized carbons (Fsp3) is 0.632. The molecule has 0 spiro atoms. The second-order valence-electron chi connectivity index (χ2n) is 7.21. The van der Waals surface area contributed by atoms with Gasteiger partial charge in [-0.15, -0.1) is 12.4 Å². The Morgan fingerprint density at radius 2 is 1.82 bits per heavy atom. The molecule has 2 N–H and O–H groups in total. The molecular weight excluding hydrogens is 402 g/mol. The molecule has 3 rings (SSSR count). The van der Waals surface area contributed by atoms with Crippen molar-refractivity contribution in [3.63, 3.8) is 0 Å². The molecule has 158 valence electrons. The maximum Gasteiger partial charge on any atom is 0.254 e. The number of nitrogens with zero attached hydrogens (tertiary/aromatic N) is 2. The number of methoxy groups -OCH3 is 1. The first kappa shape index (κ1) is 22.9. The second-order valence-corrected chi connectivity index (χ2v) is 9.12. The van der Waals surface area contributed by atoms with Crippen LogP contribution in [-0.4, -0.2) is 62.9 Å². The van der Waals surface area contributed by atoms with Crippen molar-refractivity contribution in [2.24, 2.45) is 5.73 Å². The summed E-state index contributed by atoms with van der Waals surface area (Å²) in [6.45, 7) is 2.08. The van der Waals surface area contributed by atoms with E-state index in [0.717, 1.165) is 38.5 Å². The van der Waals surface area contributed by atoms with E-state index in [1.165, 1.54) is 17.5 Å². The molecule has 1 aromatic carbocycles. The average Bonchev–Trinajstić information content (AvgIpc) is 2.99. The summed E-state index contributed by atoms with van der Waals surface area (Å²) in [5.74, 6) is 0.102. The Kier molecular flexibility index (Phi) is 8.12. The van der Waals surface area contributed by atoms with E-state index in [0.29, 0.717) is 31.7 Å². The number of hydrogen-bond acceptors (Lipinski definition) is 5. The van der Waals surface area contributed by atoms with Crippen molar-refractivity contribution >= 4 is 28.3 Å². The molecular formula is C19H30ClN3O4S. The zero-order valence-electron chi connectivity index (χ0n) is 16.3. The van der Waals surface area contributed by atoms with Crippen molar-refractivity contribution < 1.29 is 17.9 Å². The lowest BCUT2D eigenvalue weighted by Crippen LogP contribution is -2.40. The Morgan fingerprint density at radius 1 is 1.14 bits per heavy atom. The third-order valence-corrected chi connectivity index (χ3v) is 7.42. The number of sulfonamides is 1. The molecule has 1 unspecified atom stereocenters. The number of rotatable bonds is 5. The van der Waals surface area contributed by atoms with Crippen LogP contribution in [0.3, 0.4) is 0 Å². The molecule has 1 amide bonds. The Labute approximate surface area is 173 Å². The molecule has 2 aliphatic rings. The lowest BCUT2D eigenvalue weighted by molar-refractivity contribution is 0.0741. The quantitative estimate of drug-likeness (QED) is 0.771. The summed E-state index contributed by atoms with van der Waals surface area (Å²) in [6, 6.07) is 4.69. The van der Waals surface area contributed by atoms with Gasteiger partial charge < -0.3 is 15.4 Å². The van der Waals surface area contributed by atoms with Crippen LogP contribution < -0.4 is 10.5 Å². The SMILES string of the molecule is COc1ccc(C(=O)N2CCCC2CN)cc1S(=O)(=O)N1CCCCCC1.Cl. The van der Waals surface area contributed by atoms with Crippen LogP contribution in [0.25, 0.3) is 0 Å². The van der Waals surface area contributed by atoms with Crippen LogP contribution in [0, 0.1) is 0 Å². The minimum atomic E-state index is -3.71. The Morgan fingerprint density at radius 3 is 2.43 bits per heavy atom. The fourth-order valence-corrected chi connectivity index (χ4v) is 5.64. The van der Waals surface area contributed by atoms with Gasteiger partial charge in [0, 0.05) is 37.8 Å². The highest BCUT2D eigenvalue weighted by Gasteiger charge is 2.32. The van der Waals surface area contributed by atoms with Crippen LogP contribution in [0.1, 0.15) is 48.9 Å². The van der Waals surface area contributed by atoms with Gasteiger partial charge in [0.05, 0.1) is 7.11 Å². The second kappa shape index (κ2) is 9.91. The van der Waals surface area contributed by atoms with Gasteiger partial charge in [0.2, 0.25) is 10.0 Å². The molecule has 1 aromatic rings. The summed E-state index contributed by atoms with van der Waals surface area (Å²) in [5, 5.41) is 0. The summed E-state index contributed by atoms with van der Waals surface area (Å²) in [6.07, 6.45) is 5.59. The van der Waals surface area contributed by atoms with E-state index in [2.05, 4.69) is 0 Å². The van der Waals surface area contributed by atoms with Crippen molar-refractivity contribution in [2.75, 3.05) is 33.3 Å². The molecule has 9 heteroatoms. The van der Waals surface area contributed by atoms with Crippen LogP contribution in [0.15, 0.2) is 23.1 Å². The minimum absolute atomic E-state index is 0. The summed E-state index contributed by atoms with van der Waals surface area (Å²) in [7, 11) is -2.27. The van der Waals surface area contributed by atoms with Crippen molar-refractivity contribution in [2.45, 2.75) is 49.5 Å². The monoisotopic (exact) mass is 431 g/mol. The van der Waals surface area contributed by atoms with Crippen LogP contribution in [-0.2, 0) is 10.0 Å². The number of likely N-dealkylation sites (tertiary alicyclic amines) is 1. The van der Waals surface area contributed by atoms with Gasteiger partial charge in [-0.25, -0.2) is 8.42 Å². The average molecular weight is 432 g/mol. The number of halogens is 1. The first-order chi connectivity index (χ1) is 13.0. The van der Waals surface area contributed by atoms with E-state index in [-0.39, 0.29) is 35.0 Å². The molecule has 2 heterocycles. The number of ether oxygens (including phenoxy) is 1. The zero-order valence-corrected chi connectivity index (χ0v) is 17.9. The normalized spacial score (nSPS) is 21.1. The highest BCUT2D eigenvalue weighted by atomic mass is 35.5. The van der Waals surface area contributed by atoms with Gasteiger partial charge in [-0.05, 0) is 43.9 Å². The first-order valence-electron chi connectivity index (χ1n) is 9.68. The van der Waals surface area contributed by atoms with Crippen molar-refractivity contribution in [3.05, 3.63) is 23.8 Å². The highest BCUT2D eigenvalue weighted by Crippen LogP contribution is 2.30. The molecule has 0 saturated carbocycles. The fourth-order valence-electron chi connectivity index (χ4n) is 3.95. The summed E-state index contributed by atoms with van der Waals surface area (Å²) in [4.78, 5) is 14.8. The molecule has 0 bridgehead atoms. The van der Waals surface area contributed by atoms with E-state index < -0.39 is 10.0 Å². The van der Waals surface area contributed by atoms with Crippen LogP contribution >= 0.6 is 12.4 Å². The number of carbonyl (C=O) groups is 1. The smallest absolute Gasteiger partial charge is 0.254 e. The van der Waals surface area contributed by atoms with Gasteiger partial charge in [0.25, 0.3) is 5.91 Å². The van der Waals surface area contributed by atoms with E-state index in [1.54, 1.807) is 17.0 Å². The van der Waals surface area contributed by atoms with Gasteiger partial charge in [0.15, 0.2) is 0 Å². The number of nitrogens with two attached hydrogens (primary N) is 1. The molecule has 2 saturated heterocycles. The molecule has 0 radical (unpaired) electrons. The van der Waals surface area contributed by atoms with Crippen LogP contribution in [0.2, 0.25) is 0 Å². The van der Waals surface area contributed by atoms with Gasteiger partial charge in [-0.3, -0.25) is 4.79 Å². The van der Waals surface area contributed by atoms with Crippen molar-refractivity contribution in [1.82, 2.24) is 9.21 Å². The molecule has 0 aliphatic carbocycles. The Balaban J connectivity index is 0.00000280. The van der Waals surface area contributed by atoms with Crippen LogP contribution in [0.5, 0.6) is 5.75 Å². The van der Waals surface area contributed by atoms with Gasteiger partial charge in [-0.1, -0.05) is 12.8 Å². The van der Waals surface area contributed by atoms with E-state index in [9.17, 15) is 13.2 Å². The topological polar surface area (TPSA) is 92.9 Å². The summed E-state index contributed by atoms with van der Waals surface area (Å²) in [5.41, 5.74) is 6.15. The molecule has 7 nitrogen and oxygen atoms in total. The van der Waals surface area contributed by atoms with E-state index in [1.807, 2.05) is 0 Å². The first-order valence-corrected chi connectivity index (χ1v) is 11.1. The largest absolute Gasteiger partial charge is 0.495 e. The standard InChI is InChI=1S/C19H29N3O4S.ClH/c1-26-17-9-8-15(19(23)22-12-6-7-16(22)14-20)13-18(17)27(24,25)21-10-4-2-3-5-11-21;/h8-9,13,16H,2-7,10-12,14,20H2,1H3;1H. The zero-order chi connectivity index (χ0) is 19.4. The third-order valence-electron chi connectivity index (χ3n) is 5.50. The van der Waals surface area contributed by atoms with E-state index >= 15 is 0 Å². The lowest BCUT2D eigenvalue weighted by atomic mass is 10.1. The number of benzene rings is 1. The Bertz CT molecular complexity index is 779. The Hall–Kier alpha value is -1.35. The van der Waals surface area contributed by atoms with Crippen molar-refractivity contribution in [1.29, 1.82) is 0 Å². The predicted molar refractivity (Wildman–Crippen MR) is 111 cm³/mol. The summed E-state index contributed by atoms with van der Waals surface area (Å²) >= 11 is 0. The van der Waals surface area contributed by atoms with Gasteiger partial charge in [-0.2, -0.15) is 4.31 Å². The van der Waals surface area contributed by atoms with E-state index in [4.69, 9.17) is 10.5 Å². The lowest BCUT2D eigenvalue weighted by Gasteiger charge is -2.25. The molecule has 28 heavy (non-hydrogen) atoms. The predicted octanol–water partition coefficient (Wildman–Crippen LogP) is 2.24. The van der Waals surface area contributed by atoms with Crippen molar-refractivity contribution in [3.8, 4) is 5.75 Å². The third kappa shape index (κ3) is 4.62. The van der Waals surface area contributed by atoms with Gasteiger partial charge in [0.1, 0.15) is 10.6 Å². The maximum atomic E-state index is 13.2. The van der Waals surface area contributed by atoms with Crippen LogP contribution in [0.4, 0.5) is 0 Å². The minimum Gasteiger partial charge on any atom is -0.495 e. The molecule has 2 fully saturated rings. The number of hydrogen-bond donors (Lipinski definition) is 1. The number of carbonyl (C=O) groups excluding carboxylic acids is 1. The molecule has 0 aromatic heterocycles. The highest BCUT2D eigenvalue weighted by molar-refractivity contribution is 7.89. The molecule has 2 aliphatic heterocycles. The summed E-state index contributed by atoms with van der Waals surface area (Å²) < 4.78 is 33.3.